The Bertz CT molecular complexity index is 797. The summed E-state index contributed by atoms with van der Waals surface area (Å²) in [6, 6.07) is 8.12. The van der Waals surface area contributed by atoms with Gasteiger partial charge < -0.3 is 15.1 Å². The predicted molar refractivity (Wildman–Crippen MR) is 99.4 cm³/mol. The maximum absolute atomic E-state index is 11.0. The summed E-state index contributed by atoms with van der Waals surface area (Å²) in [5.74, 6) is 0. The van der Waals surface area contributed by atoms with Crippen molar-refractivity contribution in [2.24, 2.45) is 0 Å². The first kappa shape index (κ1) is 19.5. The predicted octanol–water partition coefficient (Wildman–Crippen LogP) is 2.53. The molecule has 0 unspecified atom stereocenters. The van der Waals surface area contributed by atoms with Crippen LogP contribution in [-0.4, -0.2) is 46.4 Å². The van der Waals surface area contributed by atoms with Crippen LogP contribution in [0, 0.1) is 20.2 Å². The number of benzene rings is 1. The van der Waals surface area contributed by atoms with Gasteiger partial charge in [0.05, 0.1) is 23.1 Å². The molecule has 0 aliphatic heterocycles. The largest absolute Gasteiger partial charge is 0.395 e. The summed E-state index contributed by atoms with van der Waals surface area (Å²) >= 11 is 0.745. The standard InChI is InChI=1S/C16H17N3O6S/c20-9-7-17(8-10-21)13-4-1-12(2-5-13)3-6-15-14(18(22)23)11-16(26-15)19(24)25/h1-6,11,20-21H,7-10H2/b6-3+. The first-order valence-electron chi connectivity index (χ1n) is 7.63. The molecule has 0 amide bonds. The van der Waals surface area contributed by atoms with Gasteiger partial charge >= 0.3 is 5.00 Å². The quantitative estimate of drug-likeness (QED) is 0.506. The molecule has 0 saturated heterocycles. The van der Waals surface area contributed by atoms with E-state index < -0.39 is 9.85 Å². The van der Waals surface area contributed by atoms with Crippen LogP contribution in [0.2, 0.25) is 0 Å². The minimum Gasteiger partial charge on any atom is -0.395 e. The summed E-state index contributed by atoms with van der Waals surface area (Å²) < 4.78 is 0. The summed E-state index contributed by atoms with van der Waals surface area (Å²) in [6.07, 6.45) is 3.11. The summed E-state index contributed by atoms with van der Waals surface area (Å²) in [5.41, 5.74) is 1.28. The number of anilines is 1. The molecular formula is C16H17N3O6S. The van der Waals surface area contributed by atoms with Crippen LogP contribution in [0.5, 0.6) is 0 Å². The van der Waals surface area contributed by atoms with Crippen molar-refractivity contribution in [3.63, 3.8) is 0 Å². The van der Waals surface area contributed by atoms with E-state index in [4.69, 9.17) is 10.2 Å². The van der Waals surface area contributed by atoms with E-state index in [9.17, 15) is 20.2 Å². The van der Waals surface area contributed by atoms with Crippen molar-refractivity contribution < 1.29 is 20.1 Å². The van der Waals surface area contributed by atoms with E-state index in [2.05, 4.69) is 0 Å². The van der Waals surface area contributed by atoms with E-state index in [0.29, 0.717) is 13.1 Å². The average Bonchev–Trinajstić information content (AvgIpc) is 3.05. The van der Waals surface area contributed by atoms with Gasteiger partial charge in [-0.1, -0.05) is 29.5 Å². The maximum Gasteiger partial charge on any atom is 0.331 e. The fourth-order valence-corrected chi connectivity index (χ4v) is 3.16. The highest BCUT2D eigenvalue weighted by atomic mass is 32.1. The second-order valence-corrected chi connectivity index (χ2v) is 6.27. The molecule has 0 aliphatic carbocycles. The van der Waals surface area contributed by atoms with Crippen LogP contribution in [0.15, 0.2) is 30.3 Å². The lowest BCUT2D eigenvalue weighted by Crippen LogP contribution is -2.29. The minimum absolute atomic E-state index is 0.0392. The molecule has 0 bridgehead atoms. The van der Waals surface area contributed by atoms with Gasteiger partial charge in [0, 0.05) is 18.8 Å². The lowest BCUT2D eigenvalue weighted by Gasteiger charge is -2.22. The highest BCUT2D eigenvalue weighted by Crippen LogP contribution is 2.35. The van der Waals surface area contributed by atoms with Crippen molar-refractivity contribution in [3.8, 4) is 0 Å². The van der Waals surface area contributed by atoms with Crippen molar-refractivity contribution in [1.29, 1.82) is 0 Å². The molecule has 0 atom stereocenters. The molecule has 138 valence electrons. The van der Waals surface area contributed by atoms with Crippen LogP contribution in [0.3, 0.4) is 0 Å². The van der Waals surface area contributed by atoms with Gasteiger partial charge in [-0.3, -0.25) is 20.2 Å². The molecule has 2 rings (SSSR count). The summed E-state index contributed by atoms with van der Waals surface area (Å²) in [6.45, 7) is 0.701. The Morgan fingerprint density at radius 2 is 1.62 bits per heavy atom. The highest BCUT2D eigenvalue weighted by Gasteiger charge is 2.23. The molecular weight excluding hydrogens is 362 g/mol. The fourth-order valence-electron chi connectivity index (χ4n) is 2.31. The van der Waals surface area contributed by atoms with Gasteiger partial charge in [-0.25, -0.2) is 0 Å². The van der Waals surface area contributed by atoms with Crippen LogP contribution in [0.25, 0.3) is 12.2 Å². The summed E-state index contributed by atoms with van der Waals surface area (Å²) in [7, 11) is 0. The number of aliphatic hydroxyl groups excluding tert-OH is 2. The van der Waals surface area contributed by atoms with Crippen LogP contribution in [0.4, 0.5) is 16.4 Å². The average molecular weight is 379 g/mol. The van der Waals surface area contributed by atoms with E-state index >= 15 is 0 Å². The minimum atomic E-state index is -0.652. The van der Waals surface area contributed by atoms with Crippen molar-refractivity contribution in [3.05, 3.63) is 61.0 Å². The van der Waals surface area contributed by atoms with E-state index in [1.165, 1.54) is 6.08 Å². The molecule has 0 radical (unpaired) electrons. The lowest BCUT2D eigenvalue weighted by molar-refractivity contribution is -0.390. The van der Waals surface area contributed by atoms with Crippen LogP contribution in [-0.2, 0) is 0 Å². The van der Waals surface area contributed by atoms with Crippen molar-refractivity contribution in [2.75, 3.05) is 31.2 Å². The zero-order valence-corrected chi connectivity index (χ0v) is 14.5. The zero-order valence-electron chi connectivity index (χ0n) is 13.6. The Labute approximate surface area is 152 Å². The van der Waals surface area contributed by atoms with Crippen molar-refractivity contribution >= 4 is 39.9 Å². The number of aliphatic hydroxyl groups is 2. The van der Waals surface area contributed by atoms with E-state index in [1.807, 2.05) is 4.90 Å². The van der Waals surface area contributed by atoms with Crippen molar-refractivity contribution in [2.45, 2.75) is 0 Å². The third-order valence-electron chi connectivity index (χ3n) is 3.53. The van der Waals surface area contributed by atoms with Crippen LogP contribution < -0.4 is 4.90 Å². The molecule has 0 saturated carbocycles. The Morgan fingerprint density at radius 1 is 1.00 bits per heavy atom. The third kappa shape index (κ3) is 4.85. The second kappa shape index (κ2) is 9.04. The molecule has 0 fully saturated rings. The van der Waals surface area contributed by atoms with Crippen LogP contribution in [0.1, 0.15) is 10.4 Å². The van der Waals surface area contributed by atoms with Gasteiger partial charge in [0.2, 0.25) is 0 Å². The molecule has 2 aromatic rings. The molecule has 10 heteroatoms. The van der Waals surface area contributed by atoms with Gasteiger partial charge in [-0.15, -0.1) is 0 Å². The molecule has 1 aromatic heterocycles. The van der Waals surface area contributed by atoms with Gasteiger partial charge in [0.15, 0.2) is 0 Å². The highest BCUT2D eigenvalue weighted by molar-refractivity contribution is 7.16. The van der Waals surface area contributed by atoms with E-state index in [-0.39, 0.29) is 28.8 Å². The van der Waals surface area contributed by atoms with Crippen molar-refractivity contribution in [1.82, 2.24) is 0 Å². The molecule has 0 aliphatic rings. The number of rotatable bonds is 9. The third-order valence-corrected chi connectivity index (χ3v) is 4.57. The van der Waals surface area contributed by atoms with Gasteiger partial charge in [-0.2, -0.15) is 0 Å². The zero-order chi connectivity index (χ0) is 19.1. The normalized spacial score (nSPS) is 11.0. The monoisotopic (exact) mass is 379 g/mol. The summed E-state index contributed by atoms with van der Waals surface area (Å²) in [4.78, 5) is 22.5. The lowest BCUT2D eigenvalue weighted by atomic mass is 10.1. The fraction of sp³-hybridized carbons (Fsp3) is 0.250. The first-order chi connectivity index (χ1) is 12.5. The Kier molecular flexibility index (Phi) is 6.78. The molecule has 0 spiro atoms. The van der Waals surface area contributed by atoms with Gasteiger partial charge in [-0.05, 0) is 23.8 Å². The maximum atomic E-state index is 11.0. The Morgan fingerprint density at radius 3 is 2.12 bits per heavy atom. The number of nitro groups is 2. The van der Waals surface area contributed by atoms with Gasteiger partial charge in [0.25, 0.3) is 5.69 Å². The van der Waals surface area contributed by atoms with E-state index in [0.717, 1.165) is 28.7 Å². The van der Waals surface area contributed by atoms with Gasteiger partial charge in [0.1, 0.15) is 10.9 Å². The molecule has 26 heavy (non-hydrogen) atoms. The molecule has 9 nitrogen and oxygen atoms in total. The van der Waals surface area contributed by atoms with Crippen LogP contribution >= 0.6 is 11.3 Å². The molecule has 2 N–H and O–H groups in total. The Hall–Kier alpha value is -2.82. The van der Waals surface area contributed by atoms with E-state index in [1.54, 1.807) is 30.3 Å². The first-order valence-corrected chi connectivity index (χ1v) is 8.45. The number of hydrogen-bond acceptors (Lipinski definition) is 8. The molecule has 1 heterocycles. The number of hydrogen-bond donors (Lipinski definition) is 2. The second-order valence-electron chi connectivity index (χ2n) is 5.21. The molecule has 1 aromatic carbocycles. The summed E-state index contributed by atoms with van der Waals surface area (Å²) in [5, 5.41) is 39.7. The SMILES string of the molecule is O=[N+]([O-])c1cc([N+](=O)[O-])c(/C=C/c2ccc(N(CCO)CCO)cc2)s1. The number of nitrogens with zero attached hydrogens (tertiary/aromatic N) is 3. The smallest absolute Gasteiger partial charge is 0.331 e. The topological polar surface area (TPSA) is 130 Å². The Balaban J connectivity index is 2.21. The number of thiophene rings is 1.